The van der Waals surface area contributed by atoms with E-state index in [1.807, 2.05) is 4.90 Å². The Kier molecular flexibility index (Phi) is 4.66. The molecule has 0 aliphatic carbocycles. The highest BCUT2D eigenvalue weighted by Gasteiger charge is 2.31. The highest BCUT2D eigenvalue weighted by molar-refractivity contribution is 5.94. The molecule has 1 aromatic rings. The normalized spacial score (nSPS) is 25.0. The van der Waals surface area contributed by atoms with Gasteiger partial charge in [-0.2, -0.15) is 0 Å². The molecule has 1 aromatic carbocycles. The molecular formula is C15H20ClFN2O. The number of aryl methyl sites for hydroxylation is 1. The molecule has 1 amide bonds. The molecule has 2 unspecified atom stereocenters. The number of fused-ring (bicyclic) bond motifs is 2. The Balaban J connectivity index is 0.00000147. The van der Waals surface area contributed by atoms with Crippen molar-refractivity contribution in [3.8, 4) is 0 Å². The predicted octanol–water partition coefficient (Wildman–Crippen LogP) is 2.52. The highest BCUT2D eigenvalue weighted by atomic mass is 35.5. The van der Waals surface area contributed by atoms with E-state index in [9.17, 15) is 9.18 Å². The SMILES string of the molecule is Cc1ccc(C(=O)N2CCC3CCC(C2)N3)cc1F.Cl. The second-order valence-electron chi connectivity index (χ2n) is 5.64. The van der Waals surface area contributed by atoms with Gasteiger partial charge in [-0.05, 0) is 43.9 Å². The molecule has 2 aliphatic rings. The van der Waals surface area contributed by atoms with Crippen LogP contribution in [0.1, 0.15) is 35.2 Å². The zero-order valence-corrected chi connectivity index (χ0v) is 12.4. The van der Waals surface area contributed by atoms with Crippen molar-refractivity contribution in [2.24, 2.45) is 0 Å². The van der Waals surface area contributed by atoms with Crippen molar-refractivity contribution in [3.05, 3.63) is 35.1 Å². The fraction of sp³-hybridized carbons (Fsp3) is 0.533. The van der Waals surface area contributed by atoms with E-state index in [2.05, 4.69) is 5.32 Å². The van der Waals surface area contributed by atoms with Crippen LogP contribution in [0.15, 0.2) is 18.2 Å². The van der Waals surface area contributed by atoms with Gasteiger partial charge in [0.1, 0.15) is 5.82 Å². The van der Waals surface area contributed by atoms with Crippen LogP contribution in [0.2, 0.25) is 0 Å². The van der Waals surface area contributed by atoms with Crippen molar-refractivity contribution < 1.29 is 9.18 Å². The van der Waals surface area contributed by atoms with E-state index in [1.165, 1.54) is 12.5 Å². The van der Waals surface area contributed by atoms with Crippen molar-refractivity contribution in [1.29, 1.82) is 0 Å². The van der Waals surface area contributed by atoms with Gasteiger partial charge in [0, 0.05) is 30.7 Å². The Hall–Kier alpha value is -1.13. The summed E-state index contributed by atoms with van der Waals surface area (Å²) in [5.74, 6) is -0.353. The minimum atomic E-state index is -0.305. The van der Waals surface area contributed by atoms with E-state index in [-0.39, 0.29) is 24.1 Å². The second kappa shape index (κ2) is 6.10. The lowest BCUT2D eigenvalue weighted by Crippen LogP contribution is -2.39. The molecule has 110 valence electrons. The van der Waals surface area contributed by atoms with Gasteiger partial charge in [-0.3, -0.25) is 4.79 Å². The molecule has 20 heavy (non-hydrogen) atoms. The van der Waals surface area contributed by atoms with Crippen LogP contribution in [0.3, 0.4) is 0 Å². The molecule has 0 radical (unpaired) electrons. The molecular weight excluding hydrogens is 279 g/mol. The van der Waals surface area contributed by atoms with Crippen LogP contribution in [0.5, 0.6) is 0 Å². The third kappa shape index (κ3) is 2.96. The quantitative estimate of drug-likeness (QED) is 0.864. The summed E-state index contributed by atoms with van der Waals surface area (Å²) in [5, 5.41) is 3.54. The number of amides is 1. The predicted molar refractivity (Wildman–Crippen MR) is 78.9 cm³/mol. The van der Waals surface area contributed by atoms with E-state index in [0.717, 1.165) is 25.9 Å². The number of rotatable bonds is 1. The summed E-state index contributed by atoms with van der Waals surface area (Å²) < 4.78 is 13.6. The van der Waals surface area contributed by atoms with Crippen molar-refractivity contribution in [1.82, 2.24) is 10.2 Å². The molecule has 0 aromatic heterocycles. The second-order valence-corrected chi connectivity index (χ2v) is 5.64. The van der Waals surface area contributed by atoms with Crippen LogP contribution >= 0.6 is 12.4 Å². The van der Waals surface area contributed by atoms with Gasteiger partial charge in [-0.1, -0.05) is 6.07 Å². The summed E-state index contributed by atoms with van der Waals surface area (Å²) in [5.41, 5.74) is 1.04. The van der Waals surface area contributed by atoms with E-state index in [4.69, 9.17) is 0 Å². The van der Waals surface area contributed by atoms with Crippen LogP contribution in [-0.4, -0.2) is 36.0 Å². The zero-order valence-electron chi connectivity index (χ0n) is 11.6. The molecule has 2 heterocycles. The Bertz CT molecular complexity index is 509. The van der Waals surface area contributed by atoms with E-state index in [1.54, 1.807) is 19.1 Å². The lowest BCUT2D eigenvalue weighted by Gasteiger charge is -2.24. The van der Waals surface area contributed by atoms with Gasteiger partial charge in [-0.15, -0.1) is 12.4 Å². The standard InChI is InChI=1S/C15H19FN2O.ClH/c1-10-2-3-11(8-14(10)16)15(19)18-7-6-12-4-5-13(9-18)17-12;/h2-3,8,12-13,17H,4-7,9H2,1H3;1H. The van der Waals surface area contributed by atoms with E-state index >= 15 is 0 Å². The molecule has 3 rings (SSSR count). The monoisotopic (exact) mass is 298 g/mol. The van der Waals surface area contributed by atoms with Crippen LogP contribution < -0.4 is 5.32 Å². The maximum Gasteiger partial charge on any atom is 0.254 e. The maximum atomic E-state index is 13.6. The largest absolute Gasteiger partial charge is 0.337 e. The molecule has 3 nitrogen and oxygen atoms in total. The van der Waals surface area contributed by atoms with Crippen molar-refractivity contribution in [2.45, 2.75) is 38.3 Å². The summed E-state index contributed by atoms with van der Waals surface area (Å²) in [6, 6.07) is 5.71. The number of carbonyl (C=O) groups is 1. The van der Waals surface area contributed by atoms with Gasteiger partial charge in [0.05, 0.1) is 0 Å². The molecule has 2 atom stereocenters. The maximum absolute atomic E-state index is 13.6. The van der Waals surface area contributed by atoms with Crippen molar-refractivity contribution in [3.63, 3.8) is 0 Å². The zero-order chi connectivity index (χ0) is 13.4. The molecule has 1 N–H and O–H groups in total. The molecule has 5 heteroatoms. The molecule has 0 spiro atoms. The minimum absolute atomic E-state index is 0. The molecule has 0 saturated carbocycles. The van der Waals surface area contributed by atoms with Crippen LogP contribution in [0, 0.1) is 12.7 Å². The summed E-state index contributed by atoms with van der Waals surface area (Å²) in [6.45, 7) is 3.21. The number of halogens is 2. The van der Waals surface area contributed by atoms with Gasteiger partial charge in [0.15, 0.2) is 0 Å². The Morgan fingerprint density at radius 3 is 2.80 bits per heavy atom. The first-order chi connectivity index (χ1) is 9.13. The van der Waals surface area contributed by atoms with Crippen LogP contribution in [0.4, 0.5) is 4.39 Å². The van der Waals surface area contributed by atoms with Crippen molar-refractivity contribution >= 4 is 18.3 Å². The number of benzene rings is 1. The van der Waals surface area contributed by atoms with Gasteiger partial charge in [0.25, 0.3) is 5.91 Å². The summed E-state index contributed by atoms with van der Waals surface area (Å²) in [7, 11) is 0. The lowest BCUT2D eigenvalue weighted by atomic mass is 10.1. The first-order valence-electron chi connectivity index (χ1n) is 6.95. The summed E-state index contributed by atoms with van der Waals surface area (Å²) in [6.07, 6.45) is 3.35. The summed E-state index contributed by atoms with van der Waals surface area (Å²) in [4.78, 5) is 14.3. The Labute approximate surface area is 124 Å². The third-order valence-electron chi connectivity index (χ3n) is 4.23. The molecule has 2 aliphatic heterocycles. The average molecular weight is 299 g/mol. The van der Waals surface area contributed by atoms with Gasteiger partial charge >= 0.3 is 0 Å². The molecule has 2 fully saturated rings. The number of hydrogen-bond acceptors (Lipinski definition) is 2. The van der Waals surface area contributed by atoms with E-state index < -0.39 is 0 Å². The van der Waals surface area contributed by atoms with Gasteiger partial charge in [0.2, 0.25) is 0 Å². The fourth-order valence-electron chi connectivity index (χ4n) is 3.04. The third-order valence-corrected chi connectivity index (χ3v) is 4.23. The Morgan fingerprint density at radius 1 is 1.30 bits per heavy atom. The number of hydrogen-bond donors (Lipinski definition) is 1. The molecule has 2 saturated heterocycles. The number of nitrogens with one attached hydrogen (secondary N) is 1. The molecule has 2 bridgehead atoms. The average Bonchev–Trinajstić information content (AvgIpc) is 2.72. The Morgan fingerprint density at radius 2 is 2.05 bits per heavy atom. The highest BCUT2D eigenvalue weighted by Crippen LogP contribution is 2.22. The van der Waals surface area contributed by atoms with E-state index in [0.29, 0.717) is 23.2 Å². The number of nitrogens with zero attached hydrogens (tertiary/aromatic N) is 1. The van der Waals surface area contributed by atoms with Crippen LogP contribution in [-0.2, 0) is 0 Å². The first-order valence-corrected chi connectivity index (χ1v) is 6.95. The smallest absolute Gasteiger partial charge is 0.254 e. The topological polar surface area (TPSA) is 32.3 Å². The number of likely N-dealkylation sites (tertiary alicyclic amines) is 1. The summed E-state index contributed by atoms with van der Waals surface area (Å²) >= 11 is 0. The minimum Gasteiger partial charge on any atom is -0.337 e. The van der Waals surface area contributed by atoms with Gasteiger partial charge in [-0.25, -0.2) is 4.39 Å². The number of carbonyl (C=O) groups excluding carboxylic acids is 1. The lowest BCUT2D eigenvalue weighted by molar-refractivity contribution is 0.0747. The van der Waals surface area contributed by atoms with Crippen LogP contribution in [0.25, 0.3) is 0 Å². The fourth-order valence-corrected chi connectivity index (χ4v) is 3.04. The van der Waals surface area contributed by atoms with Gasteiger partial charge < -0.3 is 10.2 Å². The first kappa shape index (κ1) is 15.3. The van der Waals surface area contributed by atoms with Crippen molar-refractivity contribution in [2.75, 3.05) is 13.1 Å².